The van der Waals surface area contributed by atoms with Crippen molar-refractivity contribution in [3.8, 4) is 11.1 Å². The minimum atomic E-state index is -5.08. The van der Waals surface area contributed by atoms with E-state index >= 15 is 0 Å². The Morgan fingerprint density at radius 3 is 1.98 bits per heavy atom. The molecule has 2 aliphatic heterocycles. The smallest absolute Gasteiger partial charge is 0.475 e. The van der Waals surface area contributed by atoms with Gasteiger partial charge < -0.3 is 14.9 Å². The summed E-state index contributed by atoms with van der Waals surface area (Å²) in [6.45, 7) is 2.05. The van der Waals surface area contributed by atoms with Gasteiger partial charge in [0.05, 0.1) is 23.0 Å². The second-order valence-electron chi connectivity index (χ2n) is 10.3. The Kier molecular flexibility index (Phi) is 9.27. The molecular weight excluding hydrogens is 571 g/mol. The van der Waals surface area contributed by atoms with E-state index in [4.69, 9.17) is 9.90 Å². The minimum Gasteiger partial charge on any atom is -0.475 e. The lowest BCUT2D eigenvalue weighted by molar-refractivity contribution is -0.192. The van der Waals surface area contributed by atoms with Crippen LogP contribution in [0.4, 0.5) is 18.9 Å². The molecule has 3 aromatic carbocycles. The number of nitrogens with zero attached hydrogens (tertiary/aromatic N) is 3. The topological polar surface area (TPSA) is 98.2 Å². The number of anilines is 1. The van der Waals surface area contributed by atoms with Crippen LogP contribution in [0.15, 0.2) is 83.8 Å². The van der Waals surface area contributed by atoms with Gasteiger partial charge in [-0.25, -0.2) is 13.2 Å². The number of benzene rings is 3. The van der Waals surface area contributed by atoms with E-state index in [9.17, 15) is 26.4 Å². The molecule has 0 saturated carbocycles. The number of likely N-dealkylation sites (N-methyl/N-ethyl adjacent to an activating group) is 1. The van der Waals surface area contributed by atoms with E-state index in [-0.39, 0.29) is 23.4 Å². The quantitative estimate of drug-likeness (QED) is 0.449. The first-order chi connectivity index (χ1) is 19.8. The average molecular weight is 604 g/mol. The van der Waals surface area contributed by atoms with E-state index in [2.05, 4.69) is 11.9 Å². The number of piperidine rings is 1. The number of hydrogen-bond donors (Lipinski definition) is 1. The number of alkyl halides is 3. The van der Waals surface area contributed by atoms with Crippen LogP contribution in [0.25, 0.3) is 11.1 Å². The van der Waals surface area contributed by atoms with Crippen molar-refractivity contribution in [3.63, 3.8) is 0 Å². The molecule has 1 saturated heterocycles. The van der Waals surface area contributed by atoms with E-state index in [0.717, 1.165) is 42.6 Å². The predicted octanol–water partition coefficient (Wildman–Crippen LogP) is 4.83. The van der Waals surface area contributed by atoms with Crippen LogP contribution in [0.5, 0.6) is 0 Å². The van der Waals surface area contributed by atoms with E-state index in [1.807, 2.05) is 72.6 Å². The van der Waals surface area contributed by atoms with E-state index < -0.39 is 28.1 Å². The number of carbonyl (C=O) groups is 2. The predicted molar refractivity (Wildman–Crippen MR) is 153 cm³/mol. The molecule has 224 valence electrons. The van der Waals surface area contributed by atoms with Gasteiger partial charge in [-0.05, 0) is 67.9 Å². The van der Waals surface area contributed by atoms with E-state index in [0.29, 0.717) is 5.69 Å². The van der Waals surface area contributed by atoms with Gasteiger partial charge >= 0.3 is 12.1 Å². The molecule has 1 amide bonds. The summed E-state index contributed by atoms with van der Waals surface area (Å²) in [5.41, 5.74) is 3.36. The van der Waals surface area contributed by atoms with Crippen molar-refractivity contribution in [1.82, 2.24) is 9.80 Å². The molecular formula is C30H32F3N3O5S. The lowest BCUT2D eigenvalue weighted by Gasteiger charge is -2.36. The molecule has 0 bridgehead atoms. The van der Waals surface area contributed by atoms with Crippen molar-refractivity contribution in [2.75, 3.05) is 38.0 Å². The Morgan fingerprint density at radius 2 is 1.40 bits per heavy atom. The third-order valence-corrected chi connectivity index (χ3v) is 9.40. The summed E-state index contributed by atoms with van der Waals surface area (Å²) in [6.07, 6.45) is -3.22. The standard InChI is InChI=1S/C28H31N3O3S.C2HF3O2/c1-29-18-16-23(17-19-29)30(2)28(32)26-20-31(27-11-7-6-10-25(26)27)35(33,34)24-14-12-22(13-15-24)21-8-4-3-5-9-21;3-2(4,5)1(6)7/h3-15,23,26H,16-20H2,1-2H3;(H,6,7). The number of carbonyl (C=O) groups excluding carboxylic acids is 1. The molecule has 2 aliphatic rings. The molecule has 1 atom stereocenters. The maximum Gasteiger partial charge on any atom is 0.490 e. The van der Waals surface area contributed by atoms with Gasteiger partial charge in [-0.1, -0.05) is 60.7 Å². The van der Waals surface area contributed by atoms with Crippen molar-refractivity contribution in [2.24, 2.45) is 0 Å². The number of carboxylic acids is 1. The van der Waals surface area contributed by atoms with Crippen LogP contribution in [0.3, 0.4) is 0 Å². The van der Waals surface area contributed by atoms with Gasteiger partial charge in [-0.2, -0.15) is 13.2 Å². The number of para-hydroxylation sites is 1. The SMILES string of the molecule is CN1CCC(N(C)C(=O)C2CN(S(=O)(=O)c3ccc(-c4ccccc4)cc3)c3ccccc32)CC1.O=C(O)C(F)(F)F. The molecule has 1 N–H and O–H groups in total. The first-order valence-corrected chi connectivity index (χ1v) is 14.8. The van der Waals surface area contributed by atoms with E-state index in [1.165, 1.54) is 4.31 Å². The highest BCUT2D eigenvalue weighted by atomic mass is 32.2. The van der Waals surface area contributed by atoms with Crippen LogP contribution in [-0.4, -0.2) is 81.1 Å². The molecule has 0 spiro atoms. The third-order valence-electron chi connectivity index (χ3n) is 7.60. The summed E-state index contributed by atoms with van der Waals surface area (Å²) in [4.78, 5) is 26.8. The summed E-state index contributed by atoms with van der Waals surface area (Å²) >= 11 is 0. The molecule has 1 fully saturated rings. The number of aliphatic carboxylic acids is 1. The average Bonchev–Trinajstić information content (AvgIpc) is 3.38. The number of sulfonamides is 1. The fourth-order valence-electron chi connectivity index (χ4n) is 5.20. The summed E-state index contributed by atoms with van der Waals surface area (Å²) in [7, 11) is 0.140. The first kappa shape index (κ1) is 31.0. The van der Waals surface area contributed by atoms with Crippen LogP contribution in [0.1, 0.15) is 24.3 Å². The van der Waals surface area contributed by atoms with Crippen molar-refractivity contribution in [3.05, 3.63) is 84.4 Å². The van der Waals surface area contributed by atoms with Crippen LogP contribution < -0.4 is 4.31 Å². The lowest BCUT2D eigenvalue weighted by atomic mass is 9.97. The zero-order valence-corrected chi connectivity index (χ0v) is 24.0. The molecule has 2 heterocycles. The van der Waals surface area contributed by atoms with Crippen molar-refractivity contribution >= 4 is 27.6 Å². The van der Waals surface area contributed by atoms with Crippen molar-refractivity contribution < 1.29 is 36.3 Å². The second kappa shape index (κ2) is 12.5. The Labute approximate surface area is 243 Å². The Balaban J connectivity index is 0.000000517. The number of rotatable bonds is 5. The van der Waals surface area contributed by atoms with Crippen molar-refractivity contribution in [1.29, 1.82) is 0 Å². The number of likely N-dealkylation sites (tertiary alicyclic amines) is 1. The Bertz CT molecular complexity index is 1510. The van der Waals surface area contributed by atoms with Crippen LogP contribution in [-0.2, 0) is 19.6 Å². The van der Waals surface area contributed by atoms with Gasteiger partial charge in [0.2, 0.25) is 5.91 Å². The maximum atomic E-state index is 13.7. The zero-order chi connectivity index (χ0) is 30.7. The Morgan fingerprint density at radius 1 is 0.881 bits per heavy atom. The van der Waals surface area contributed by atoms with Crippen molar-refractivity contribution in [2.45, 2.75) is 35.9 Å². The first-order valence-electron chi connectivity index (χ1n) is 13.3. The second-order valence-corrected chi connectivity index (χ2v) is 12.2. The van der Waals surface area contributed by atoms with Gasteiger partial charge in [0.25, 0.3) is 10.0 Å². The largest absolute Gasteiger partial charge is 0.490 e. The molecule has 1 unspecified atom stereocenters. The van der Waals surface area contributed by atoms with Gasteiger partial charge in [-0.15, -0.1) is 0 Å². The number of carboxylic acid groups (broad SMARTS) is 1. The van der Waals surface area contributed by atoms with Crippen LogP contribution in [0, 0.1) is 0 Å². The molecule has 8 nitrogen and oxygen atoms in total. The van der Waals surface area contributed by atoms with Crippen LogP contribution in [0.2, 0.25) is 0 Å². The molecule has 0 aromatic heterocycles. The lowest BCUT2D eigenvalue weighted by Crippen LogP contribution is -2.46. The monoisotopic (exact) mass is 603 g/mol. The molecule has 0 radical (unpaired) electrons. The number of amides is 1. The summed E-state index contributed by atoms with van der Waals surface area (Å²) < 4.78 is 60.6. The van der Waals surface area contributed by atoms with Gasteiger partial charge in [0.15, 0.2) is 0 Å². The Hall–Kier alpha value is -3.90. The summed E-state index contributed by atoms with van der Waals surface area (Å²) in [6, 6.07) is 24.4. The normalized spacial score (nSPS) is 17.6. The van der Waals surface area contributed by atoms with Gasteiger partial charge in [0.1, 0.15) is 0 Å². The fourth-order valence-corrected chi connectivity index (χ4v) is 6.70. The van der Waals surface area contributed by atoms with Crippen LogP contribution >= 0.6 is 0 Å². The third kappa shape index (κ3) is 6.76. The van der Waals surface area contributed by atoms with Gasteiger partial charge in [0, 0.05) is 13.1 Å². The number of fused-ring (bicyclic) bond motifs is 1. The minimum absolute atomic E-state index is 0.0101. The highest BCUT2D eigenvalue weighted by Crippen LogP contribution is 2.41. The molecule has 5 rings (SSSR count). The fraction of sp³-hybridized carbons (Fsp3) is 0.333. The summed E-state index contributed by atoms with van der Waals surface area (Å²) in [5, 5.41) is 7.12. The van der Waals surface area contributed by atoms with E-state index in [1.54, 1.807) is 18.2 Å². The maximum absolute atomic E-state index is 13.7. The number of hydrogen-bond acceptors (Lipinski definition) is 5. The highest BCUT2D eigenvalue weighted by Gasteiger charge is 2.42. The summed E-state index contributed by atoms with van der Waals surface area (Å²) in [5.74, 6) is -3.27. The number of halogens is 3. The molecule has 12 heteroatoms. The zero-order valence-electron chi connectivity index (χ0n) is 23.2. The molecule has 0 aliphatic carbocycles. The molecule has 42 heavy (non-hydrogen) atoms. The highest BCUT2D eigenvalue weighted by molar-refractivity contribution is 7.92. The van der Waals surface area contributed by atoms with Gasteiger partial charge in [-0.3, -0.25) is 9.10 Å². The molecule has 3 aromatic rings.